The second kappa shape index (κ2) is 16.2. The number of anilines is 1. The fraction of sp³-hybridized carbons (Fsp3) is 0.444. The van der Waals surface area contributed by atoms with Crippen molar-refractivity contribution in [1.82, 2.24) is 0 Å². The summed E-state index contributed by atoms with van der Waals surface area (Å²) in [6.45, 7) is 6.16. The molecule has 2 aromatic rings. The Morgan fingerprint density at radius 2 is 1.82 bits per heavy atom. The lowest BCUT2D eigenvalue weighted by Gasteiger charge is -2.22. The number of unbranched alkanes of at least 4 members (excludes halogenated alkanes) is 3. The third-order valence-corrected chi connectivity index (χ3v) is 5.38. The lowest BCUT2D eigenvalue weighted by molar-refractivity contribution is -0.798. The standard InChI is InChI=1S/C27H35ClN5O6/c1-27(2,3)39-24(35)18-37-26(38-20-34)32-15-12-22(13-16-32)33(25(30)31-19-29)14-6-4-5-7-17-36-23-10-8-21(28)9-11-23/h8-13,15-16,20,26H,4-7,14,17-18H2,1-3H3,(H2,30,31)/q+1. The SMILES string of the molecule is CC(C)(C)OC(=O)COC(OC=O)[n+]1ccc(N(CCCCCCOc2ccc(Cl)cc2)C(N)=NC#N)cc1. The number of esters is 1. The van der Waals surface area contributed by atoms with E-state index in [4.69, 9.17) is 41.5 Å². The zero-order valence-corrected chi connectivity index (χ0v) is 23.2. The maximum atomic E-state index is 12.0. The van der Waals surface area contributed by atoms with Gasteiger partial charge in [-0.15, -0.1) is 9.56 Å². The van der Waals surface area contributed by atoms with Crippen LogP contribution in [0.2, 0.25) is 5.02 Å². The number of nitrogens with two attached hydrogens (primary N) is 1. The van der Waals surface area contributed by atoms with Gasteiger partial charge in [0.1, 0.15) is 11.4 Å². The topological polar surface area (TPSA) is 140 Å². The number of aliphatic imine (C=N–C) groups is 1. The van der Waals surface area contributed by atoms with Crippen molar-refractivity contribution < 1.29 is 33.1 Å². The van der Waals surface area contributed by atoms with Crippen molar-refractivity contribution in [1.29, 1.82) is 5.26 Å². The Hall–Kier alpha value is -3.88. The van der Waals surface area contributed by atoms with Crippen molar-refractivity contribution in [2.75, 3.05) is 24.7 Å². The van der Waals surface area contributed by atoms with Crippen molar-refractivity contribution >= 4 is 35.7 Å². The van der Waals surface area contributed by atoms with E-state index in [0.717, 1.165) is 31.4 Å². The van der Waals surface area contributed by atoms with Crippen LogP contribution in [0.4, 0.5) is 5.69 Å². The molecule has 1 heterocycles. The highest BCUT2D eigenvalue weighted by molar-refractivity contribution is 6.30. The van der Waals surface area contributed by atoms with Crippen molar-refractivity contribution in [3.05, 3.63) is 53.8 Å². The average molecular weight is 561 g/mol. The van der Waals surface area contributed by atoms with E-state index in [1.807, 2.05) is 12.1 Å². The predicted molar refractivity (Wildman–Crippen MR) is 145 cm³/mol. The first-order valence-corrected chi connectivity index (χ1v) is 12.8. The van der Waals surface area contributed by atoms with E-state index in [2.05, 4.69) is 4.99 Å². The summed E-state index contributed by atoms with van der Waals surface area (Å²) in [5, 5.41) is 9.65. The molecule has 0 amide bonds. The predicted octanol–water partition coefficient (Wildman–Crippen LogP) is 3.86. The van der Waals surface area contributed by atoms with Gasteiger partial charge in [0.25, 0.3) is 6.47 Å². The van der Waals surface area contributed by atoms with Gasteiger partial charge in [-0.1, -0.05) is 24.4 Å². The lowest BCUT2D eigenvalue weighted by atomic mass is 10.2. The third-order valence-electron chi connectivity index (χ3n) is 5.13. The molecule has 0 bridgehead atoms. The van der Waals surface area contributed by atoms with Crippen molar-refractivity contribution in [3.8, 4) is 11.9 Å². The lowest BCUT2D eigenvalue weighted by Crippen LogP contribution is -2.44. The maximum absolute atomic E-state index is 12.0. The number of carbonyl (C=O) groups excluding carboxylic acids is 2. The molecule has 39 heavy (non-hydrogen) atoms. The number of nitriles is 1. The molecular formula is C27H35ClN5O6+. The number of hydrogen-bond acceptors (Lipinski definition) is 8. The van der Waals surface area contributed by atoms with Crippen molar-refractivity contribution in [2.24, 2.45) is 10.7 Å². The number of benzene rings is 1. The highest BCUT2D eigenvalue weighted by atomic mass is 35.5. The van der Waals surface area contributed by atoms with Gasteiger partial charge >= 0.3 is 12.4 Å². The molecule has 0 spiro atoms. The van der Waals surface area contributed by atoms with E-state index in [1.54, 1.807) is 68.5 Å². The normalized spacial score (nSPS) is 12.2. The Kier molecular flexibility index (Phi) is 13.0. The Balaban J connectivity index is 1.91. The number of carbonyl (C=O) groups is 2. The summed E-state index contributed by atoms with van der Waals surface area (Å²) in [5.41, 5.74) is 6.05. The van der Waals surface area contributed by atoms with Crippen molar-refractivity contribution in [2.45, 2.75) is 58.5 Å². The highest BCUT2D eigenvalue weighted by Crippen LogP contribution is 2.17. The molecule has 11 nitrogen and oxygen atoms in total. The number of halogens is 1. The molecule has 0 fully saturated rings. The first kappa shape index (κ1) is 31.3. The van der Waals surface area contributed by atoms with Crippen LogP contribution in [0, 0.1) is 11.5 Å². The molecule has 0 radical (unpaired) electrons. The fourth-order valence-corrected chi connectivity index (χ4v) is 3.56. The number of pyridine rings is 1. The van der Waals surface area contributed by atoms with Crippen LogP contribution in [-0.4, -0.2) is 43.8 Å². The second-order valence-corrected chi connectivity index (χ2v) is 9.82. The number of aromatic nitrogens is 1. The number of rotatable bonds is 15. The monoisotopic (exact) mass is 560 g/mol. The molecule has 0 aliphatic carbocycles. The van der Waals surface area contributed by atoms with Crippen LogP contribution in [0.25, 0.3) is 0 Å². The molecule has 0 saturated heterocycles. The summed E-state index contributed by atoms with van der Waals surface area (Å²) in [6, 6.07) is 10.7. The summed E-state index contributed by atoms with van der Waals surface area (Å²) in [7, 11) is 0. The average Bonchev–Trinajstić information content (AvgIpc) is 2.88. The molecule has 1 aromatic heterocycles. The molecule has 1 unspecified atom stereocenters. The minimum absolute atomic E-state index is 0.0585. The highest BCUT2D eigenvalue weighted by Gasteiger charge is 2.25. The summed E-state index contributed by atoms with van der Waals surface area (Å²) in [5.74, 6) is 0.244. The summed E-state index contributed by atoms with van der Waals surface area (Å²) >= 11 is 5.88. The van der Waals surface area contributed by atoms with Gasteiger partial charge in [-0.05, 0) is 57.9 Å². The Labute approximate surface area is 233 Å². The van der Waals surface area contributed by atoms with Crippen LogP contribution in [0.1, 0.15) is 52.9 Å². The van der Waals surface area contributed by atoms with Crippen molar-refractivity contribution in [3.63, 3.8) is 0 Å². The number of ether oxygens (including phenoxy) is 4. The minimum Gasteiger partial charge on any atom is -0.494 e. The third kappa shape index (κ3) is 12.0. The number of hydrogen-bond donors (Lipinski definition) is 1. The quantitative estimate of drug-likeness (QED) is 0.0502. The molecule has 2 rings (SSSR count). The van der Waals surface area contributed by atoms with Gasteiger partial charge in [0, 0.05) is 23.7 Å². The molecular weight excluding hydrogens is 526 g/mol. The maximum Gasteiger partial charge on any atom is 0.426 e. The molecule has 210 valence electrons. The smallest absolute Gasteiger partial charge is 0.426 e. The van der Waals surface area contributed by atoms with Gasteiger partial charge in [0.15, 0.2) is 19.0 Å². The zero-order chi connectivity index (χ0) is 28.7. The molecule has 0 aliphatic rings. The van der Waals surface area contributed by atoms with Gasteiger partial charge in [-0.25, -0.2) is 4.79 Å². The van der Waals surface area contributed by atoms with E-state index < -0.39 is 24.6 Å². The van der Waals surface area contributed by atoms with Gasteiger partial charge in [0.05, 0.1) is 12.3 Å². The van der Waals surface area contributed by atoms with E-state index in [0.29, 0.717) is 23.9 Å². The summed E-state index contributed by atoms with van der Waals surface area (Å²) in [4.78, 5) is 28.3. The first-order chi connectivity index (χ1) is 18.6. The summed E-state index contributed by atoms with van der Waals surface area (Å²) < 4.78 is 22.8. The number of nitrogens with zero attached hydrogens (tertiary/aromatic N) is 4. The zero-order valence-electron chi connectivity index (χ0n) is 22.4. The van der Waals surface area contributed by atoms with Crippen LogP contribution in [0.15, 0.2) is 53.8 Å². The fourth-order valence-electron chi connectivity index (χ4n) is 3.44. The molecule has 12 heteroatoms. The molecule has 0 aliphatic heterocycles. The Morgan fingerprint density at radius 1 is 1.15 bits per heavy atom. The van der Waals surface area contributed by atoms with E-state index in [9.17, 15) is 9.59 Å². The summed E-state index contributed by atoms with van der Waals surface area (Å²) in [6.07, 6.45) is 7.28. The van der Waals surface area contributed by atoms with E-state index in [-0.39, 0.29) is 12.4 Å². The Bertz CT molecular complexity index is 1110. The largest absolute Gasteiger partial charge is 0.494 e. The number of guanidine groups is 1. The van der Waals surface area contributed by atoms with Crippen LogP contribution in [0.5, 0.6) is 5.75 Å². The van der Waals surface area contributed by atoms with Crippen LogP contribution in [0.3, 0.4) is 0 Å². The van der Waals surface area contributed by atoms with Crippen LogP contribution >= 0.6 is 11.6 Å². The van der Waals surface area contributed by atoms with E-state index >= 15 is 0 Å². The van der Waals surface area contributed by atoms with Gasteiger partial charge in [-0.3, -0.25) is 9.53 Å². The van der Waals surface area contributed by atoms with Gasteiger partial charge < -0.3 is 24.8 Å². The van der Waals surface area contributed by atoms with Gasteiger partial charge in [0.2, 0.25) is 12.2 Å². The molecule has 1 aromatic carbocycles. The van der Waals surface area contributed by atoms with Crippen LogP contribution < -0.4 is 19.9 Å². The van der Waals surface area contributed by atoms with E-state index in [1.165, 1.54) is 4.57 Å². The molecule has 1 atom stereocenters. The Morgan fingerprint density at radius 3 is 2.44 bits per heavy atom. The molecule has 0 saturated carbocycles. The first-order valence-electron chi connectivity index (χ1n) is 12.4. The van der Waals surface area contributed by atoms with Gasteiger partial charge in [-0.2, -0.15) is 5.26 Å². The minimum atomic E-state index is -1.18. The van der Waals surface area contributed by atoms with Crippen LogP contribution in [-0.2, 0) is 23.8 Å². The second-order valence-electron chi connectivity index (χ2n) is 9.38. The molecule has 2 N–H and O–H groups in total.